The second kappa shape index (κ2) is 5.35. The molecule has 1 aromatic carbocycles. The Labute approximate surface area is 129 Å². The smallest absolute Gasteiger partial charge is 0.306 e. The van der Waals surface area contributed by atoms with E-state index in [9.17, 15) is 4.79 Å². The molecule has 1 N–H and O–H groups in total. The summed E-state index contributed by atoms with van der Waals surface area (Å²) in [6.07, 6.45) is 2.22. The highest BCUT2D eigenvalue weighted by atomic mass is 35.5. The van der Waals surface area contributed by atoms with Crippen LogP contribution >= 0.6 is 11.6 Å². The summed E-state index contributed by atoms with van der Waals surface area (Å²) in [4.78, 5) is 17.5. The van der Waals surface area contributed by atoms with Crippen LogP contribution in [0.4, 0.5) is 0 Å². The average molecular weight is 306 g/mol. The summed E-state index contributed by atoms with van der Waals surface area (Å²) < 4.78 is 1.82. The van der Waals surface area contributed by atoms with Crippen LogP contribution in [0.5, 0.6) is 0 Å². The van der Waals surface area contributed by atoms with Crippen molar-refractivity contribution in [2.24, 2.45) is 0 Å². The number of hydrogen-bond donors (Lipinski definition) is 1. The molecule has 0 aliphatic carbocycles. The predicted octanol–water partition coefficient (Wildman–Crippen LogP) is 3.15. The molecule has 1 atom stereocenters. The third-order valence-corrected chi connectivity index (χ3v) is 4.50. The van der Waals surface area contributed by atoms with Crippen molar-refractivity contribution in [2.45, 2.75) is 39.9 Å². The van der Waals surface area contributed by atoms with Crippen LogP contribution in [0.25, 0.3) is 11.0 Å². The molecule has 0 fully saturated rings. The summed E-state index contributed by atoms with van der Waals surface area (Å²) in [6, 6.07) is 4.03. The number of H-pyrrole nitrogens is 1. The van der Waals surface area contributed by atoms with Gasteiger partial charge in [-0.3, -0.25) is 9.47 Å². The molecule has 4 nitrogen and oxygen atoms in total. The summed E-state index contributed by atoms with van der Waals surface area (Å²) >= 11 is 6.40. The summed E-state index contributed by atoms with van der Waals surface area (Å²) in [5.74, 6) is 0. The van der Waals surface area contributed by atoms with Crippen molar-refractivity contribution < 1.29 is 0 Å². The molecule has 0 spiro atoms. The lowest BCUT2D eigenvalue weighted by molar-refractivity contribution is 0.210. The van der Waals surface area contributed by atoms with Crippen molar-refractivity contribution in [3.8, 4) is 0 Å². The van der Waals surface area contributed by atoms with Crippen molar-refractivity contribution in [3.63, 3.8) is 0 Å². The maximum Gasteiger partial charge on any atom is 0.326 e. The molecule has 21 heavy (non-hydrogen) atoms. The van der Waals surface area contributed by atoms with E-state index in [-0.39, 0.29) is 11.7 Å². The SMILES string of the molecule is CC(C)=CCN1Cc2c(Cl)ccc3[nH]c(=O)n(c23)C[C@@H]1C. The molecule has 0 saturated heterocycles. The Kier molecular flexibility index (Phi) is 3.68. The fourth-order valence-corrected chi connectivity index (χ4v) is 3.12. The van der Waals surface area contributed by atoms with Crippen LogP contribution in [0, 0.1) is 0 Å². The van der Waals surface area contributed by atoms with Gasteiger partial charge in [0.1, 0.15) is 0 Å². The number of aromatic amines is 1. The zero-order chi connectivity index (χ0) is 15.1. The van der Waals surface area contributed by atoms with Crippen LogP contribution in [0.2, 0.25) is 5.02 Å². The van der Waals surface area contributed by atoms with E-state index in [0.29, 0.717) is 6.54 Å². The Balaban J connectivity index is 2.12. The van der Waals surface area contributed by atoms with E-state index in [2.05, 4.69) is 36.7 Å². The molecule has 0 saturated carbocycles. The van der Waals surface area contributed by atoms with Gasteiger partial charge in [-0.05, 0) is 32.9 Å². The van der Waals surface area contributed by atoms with Crippen molar-refractivity contribution in [1.29, 1.82) is 0 Å². The van der Waals surface area contributed by atoms with E-state index >= 15 is 0 Å². The first-order chi connectivity index (χ1) is 9.97. The van der Waals surface area contributed by atoms with Gasteiger partial charge in [-0.2, -0.15) is 0 Å². The minimum atomic E-state index is -0.0515. The number of benzene rings is 1. The van der Waals surface area contributed by atoms with E-state index < -0.39 is 0 Å². The van der Waals surface area contributed by atoms with Gasteiger partial charge in [0.25, 0.3) is 0 Å². The lowest BCUT2D eigenvalue weighted by Crippen LogP contribution is -2.36. The molecule has 1 aliphatic heterocycles. The minimum Gasteiger partial charge on any atom is -0.306 e. The number of imidazole rings is 1. The predicted molar refractivity (Wildman–Crippen MR) is 86.9 cm³/mol. The molecule has 5 heteroatoms. The van der Waals surface area contributed by atoms with Gasteiger partial charge < -0.3 is 4.98 Å². The zero-order valence-corrected chi connectivity index (χ0v) is 13.4. The van der Waals surface area contributed by atoms with Gasteiger partial charge in [-0.15, -0.1) is 0 Å². The Bertz CT molecular complexity index is 768. The fourth-order valence-electron chi connectivity index (χ4n) is 2.91. The van der Waals surface area contributed by atoms with Crippen molar-refractivity contribution >= 4 is 22.6 Å². The van der Waals surface area contributed by atoms with Gasteiger partial charge in [-0.1, -0.05) is 23.3 Å². The largest absolute Gasteiger partial charge is 0.326 e. The van der Waals surface area contributed by atoms with Crippen LogP contribution in [-0.4, -0.2) is 27.0 Å². The van der Waals surface area contributed by atoms with Gasteiger partial charge in [0.05, 0.1) is 11.0 Å². The summed E-state index contributed by atoms with van der Waals surface area (Å²) in [5, 5.41) is 0.728. The second-order valence-corrected chi connectivity index (χ2v) is 6.43. The number of aromatic nitrogens is 2. The third kappa shape index (κ3) is 2.54. The minimum absolute atomic E-state index is 0.0515. The molecule has 2 heterocycles. The fraction of sp³-hybridized carbons (Fsp3) is 0.438. The first-order valence-corrected chi connectivity index (χ1v) is 7.62. The zero-order valence-electron chi connectivity index (χ0n) is 12.6. The van der Waals surface area contributed by atoms with E-state index in [1.54, 1.807) is 0 Å². The van der Waals surface area contributed by atoms with Gasteiger partial charge in [0.2, 0.25) is 0 Å². The highest BCUT2D eigenvalue weighted by Crippen LogP contribution is 2.29. The molecule has 0 radical (unpaired) electrons. The first-order valence-electron chi connectivity index (χ1n) is 7.24. The molecular formula is C16H20ClN3O. The normalized spacial score (nSPS) is 18.8. The number of hydrogen-bond acceptors (Lipinski definition) is 2. The van der Waals surface area contributed by atoms with Crippen molar-refractivity contribution in [2.75, 3.05) is 6.54 Å². The quantitative estimate of drug-likeness (QED) is 0.866. The van der Waals surface area contributed by atoms with Gasteiger partial charge in [0.15, 0.2) is 0 Å². The summed E-state index contributed by atoms with van der Waals surface area (Å²) in [6.45, 7) is 8.68. The monoisotopic (exact) mass is 305 g/mol. The lowest BCUT2D eigenvalue weighted by Gasteiger charge is -2.26. The number of halogens is 1. The number of allylic oxidation sites excluding steroid dienone is 1. The van der Waals surface area contributed by atoms with E-state index in [1.807, 2.05) is 16.7 Å². The number of nitrogens with one attached hydrogen (secondary N) is 1. The highest BCUT2D eigenvalue weighted by Gasteiger charge is 2.24. The standard InChI is InChI=1S/C16H20ClN3O/c1-10(2)6-7-19-9-12-13(17)4-5-14-15(12)20(8-11(19)3)16(21)18-14/h4-6,11H,7-9H2,1-3H3,(H,18,21)/t11-/m0/s1. The molecule has 0 bridgehead atoms. The van der Waals surface area contributed by atoms with Crippen molar-refractivity contribution in [1.82, 2.24) is 14.5 Å². The first kappa shape index (κ1) is 14.4. The lowest BCUT2D eigenvalue weighted by atomic mass is 10.1. The summed E-state index contributed by atoms with van der Waals surface area (Å²) in [7, 11) is 0. The van der Waals surface area contributed by atoms with Gasteiger partial charge in [0, 0.05) is 36.3 Å². The summed E-state index contributed by atoms with van der Waals surface area (Å²) in [5.41, 5.74) is 4.12. The highest BCUT2D eigenvalue weighted by molar-refractivity contribution is 6.32. The van der Waals surface area contributed by atoms with E-state index in [1.165, 1.54) is 5.57 Å². The topological polar surface area (TPSA) is 41.0 Å². The molecule has 0 unspecified atom stereocenters. The maximum absolute atomic E-state index is 12.2. The van der Waals surface area contributed by atoms with E-state index in [0.717, 1.165) is 34.7 Å². The Hall–Kier alpha value is -1.52. The molecular weight excluding hydrogens is 286 g/mol. The Morgan fingerprint density at radius 3 is 2.95 bits per heavy atom. The molecule has 112 valence electrons. The van der Waals surface area contributed by atoms with Gasteiger partial charge >= 0.3 is 5.69 Å². The Morgan fingerprint density at radius 2 is 2.24 bits per heavy atom. The second-order valence-electron chi connectivity index (χ2n) is 6.02. The number of nitrogens with zero attached hydrogens (tertiary/aromatic N) is 2. The van der Waals surface area contributed by atoms with Crippen LogP contribution in [0.3, 0.4) is 0 Å². The van der Waals surface area contributed by atoms with Crippen LogP contribution < -0.4 is 5.69 Å². The van der Waals surface area contributed by atoms with Crippen LogP contribution in [0.1, 0.15) is 26.3 Å². The molecule has 3 rings (SSSR count). The molecule has 2 aromatic rings. The molecule has 1 aliphatic rings. The van der Waals surface area contributed by atoms with Crippen LogP contribution in [-0.2, 0) is 13.1 Å². The third-order valence-electron chi connectivity index (χ3n) is 4.15. The molecule has 1 aromatic heterocycles. The van der Waals surface area contributed by atoms with Crippen molar-refractivity contribution in [3.05, 3.63) is 44.9 Å². The maximum atomic E-state index is 12.2. The van der Waals surface area contributed by atoms with Gasteiger partial charge in [-0.25, -0.2) is 4.79 Å². The Morgan fingerprint density at radius 1 is 1.48 bits per heavy atom. The average Bonchev–Trinajstić information content (AvgIpc) is 2.64. The van der Waals surface area contributed by atoms with E-state index in [4.69, 9.17) is 11.6 Å². The van der Waals surface area contributed by atoms with Crippen LogP contribution in [0.15, 0.2) is 28.6 Å². The molecule has 0 amide bonds. The number of rotatable bonds is 2.